The minimum atomic E-state index is -2.74. The van der Waals surface area contributed by atoms with Gasteiger partial charge in [0.05, 0.1) is 0 Å². The van der Waals surface area contributed by atoms with Crippen molar-refractivity contribution in [2.75, 3.05) is 6.61 Å². The molecular weight excluding hydrogens is 633 g/mol. The smallest absolute Gasteiger partial charge is 0.288 e. The first-order valence-corrected chi connectivity index (χ1v) is 22.6. The van der Waals surface area contributed by atoms with Gasteiger partial charge in [0.15, 0.2) is 0 Å². The molecular formula is C49H58OSi. The topological polar surface area (TPSA) is 9.23 Å². The van der Waals surface area contributed by atoms with Gasteiger partial charge in [-0.05, 0) is 119 Å². The van der Waals surface area contributed by atoms with Crippen LogP contribution in [0.3, 0.4) is 0 Å². The number of fused-ring (bicyclic) bond motifs is 6. The molecule has 0 amide bonds. The van der Waals surface area contributed by atoms with Gasteiger partial charge in [0.25, 0.3) is 8.32 Å². The van der Waals surface area contributed by atoms with Crippen LogP contribution in [0.15, 0.2) is 140 Å². The first-order chi connectivity index (χ1) is 25.2. The van der Waals surface area contributed by atoms with E-state index in [9.17, 15) is 0 Å². The number of hydrogen-bond acceptors (Lipinski definition) is 1. The Balaban J connectivity index is 1.09. The van der Waals surface area contributed by atoms with Crippen LogP contribution in [0.25, 0.3) is 0 Å². The van der Waals surface area contributed by atoms with Crippen molar-refractivity contribution >= 4 is 23.9 Å². The number of rotatable bonds is 10. The van der Waals surface area contributed by atoms with Crippen LogP contribution in [0.1, 0.15) is 71.1 Å². The molecule has 0 aromatic heterocycles. The minimum Gasteiger partial charge on any atom is -0.404 e. The second-order valence-electron chi connectivity index (χ2n) is 17.4. The zero-order valence-electron chi connectivity index (χ0n) is 30.7. The van der Waals surface area contributed by atoms with Crippen molar-refractivity contribution in [2.45, 2.75) is 71.1 Å². The van der Waals surface area contributed by atoms with Gasteiger partial charge >= 0.3 is 0 Å². The molecule has 3 aromatic rings. The molecule has 51 heavy (non-hydrogen) atoms. The average Bonchev–Trinajstić information content (AvgIpc) is 3.73. The molecule has 0 spiro atoms. The molecule has 4 fully saturated rings. The standard InChI is InChI=1S/C49H58OSi/c1-49(47-43-30-15-11-26-39(43)40-27-12-16-31-44(40)47,48-45-32-17-13-28-41(45)42-29-14-18-33-46(42)48)34-19-35-50-51(36-20-5-2-6-21-36,37-22-7-3-8-23-37)38-24-9-4-10-25-38/h2-11,13,15,17,20-26,28,30,32,39-48H,12,14,16,18-19,27,29,31,33-35H2,1H3. The summed E-state index contributed by atoms with van der Waals surface area (Å²) in [5, 5.41) is 4.03. The fourth-order valence-corrected chi connectivity index (χ4v) is 17.4. The highest BCUT2D eigenvalue weighted by molar-refractivity contribution is 7.07. The molecule has 3 aromatic carbocycles. The van der Waals surface area contributed by atoms with E-state index in [1.54, 1.807) is 0 Å². The summed E-state index contributed by atoms with van der Waals surface area (Å²) in [6.07, 6.45) is 34.1. The lowest BCUT2D eigenvalue weighted by atomic mass is 9.53. The molecule has 1 nitrogen and oxygen atoms in total. The van der Waals surface area contributed by atoms with Gasteiger partial charge in [-0.15, -0.1) is 0 Å². The summed E-state index contributed by atoms with van der Waals surface area (Å²) in [6.45, 7) is 3.63. The SMILES string of the molecule is CC(CCCO[Si](c1ccccc1)(c1ccccc1)c1ccccc1)(C1C2C=CC=CC2C2CCCCC21)C1C2C=CC=CC2C2CCCCC21. The Labute approximate surface area is 309 Å². The third kappa shape index (κ3) is 5.75. The van der Waals surface area contributed by atoms with Crippen molar-refractivity contribution in [3.63, 3.8) is 0 Å². The molecule has 10 unspecified atom stereocenters. The van der Waals surface area contributed by atoms with Crippen LogP contribution in [-0.2, 0) is 4.43 Å². The van der Waals surface area contributed by atoms with Gasteiger partial charge in [-0.25, -0.2) is 0 Å². The van der Waals surface area contributed by atoms with Crippen molar-refractivity contribution in [1.82, 2.24) is 0 Å². The van der Waals surface area contributed by atoms with Crippen LogP contribution < -0.4 is 15.6 Å². The molecule has 264 valence electrons. The molecule has 0 saturated heterocycles. The number of allylic oxidation sites excluding steroid dienone is 8. The van der Waals surface area contributed by atoms with E-state index in [-0.39, 0.29) is 5.41 Å². The van der Waals surface area contributed by atoms with E-state index >= 15 is 0 Å². The molecule has 4 saturated carbocycles. The summed E-state index contributed by atoms with van der Waals surface area (Å²) in [4.78, 5) is 0. The van der Waals surface area contributed by atoms with Gasteiger partial charge in [0.2, 0.25) is 0 Å². The van der Waals surface area contributed by atoms with E-state index in [4.69, 9.17) is 4.43 Å². The van der Waals surface area contributed by atoms with Crippen LogP contribution in [0.4, 0.5) is 0 Å². The zero-order chi connectivity index (χ0) is 34.3. The minimum absolute atomic E-state index is 0.268. The molecule has 0 bridgehead atoms. The van der Waals surface area contributed by atoms with Gasteiger partial charge in [-0.1, -0.05) is 172 Å². The van der Waals surface area contributed by atoms with E-state index in [0.717, 1.165) is 60.4 Å². The summed E-state index contributed by atoms with van der Waals surface area (Å²) in [7, 11) is -2.74. The maximum atomic E-state index is 7.62. The Morgan fingerprint density at radius 3 is 1.29 bits per heavy atom. The first kappa shape index (κ1) is 33.6. The summed E-state index contributed by atoms with van der Waals surface area (Å²) in [6, 6.07) is 33.6. The van der Waals surface area contributed by atoms with Crippen LogP contribution in [0, 0.1) is 64.6 Å². The fraction of sp³-hybridized carbons (Fsp3) is 0.469. The van der Waals surface area contributed by atoms with Crippen molar-refractivity contribution in [2.24, 2.45) is 64.6 Å². The largest absolute Gasteiger partial charge is 0.404 e. The second kappa shape index (κ2) is 14.3. The van der Waals surface area contributed by atoms with Gasteiger partial charge in [0, 0.05) is 6.61 Å². The fourth-order valence-electron chi connectivity index (χ4n) is 13.5. The van der Waals surface area contributed by atoms with E-state index in [2.05, 4.69) is 147 Å². The van der Waals surface area contributed by atoms with Gasteiger partial charge < -0.3 is 4.43 Å². The Morgan fingerprint density at radius 1 is 0.510 bits per heavy atom. The van der Waals surface area contributed by atoms with Crippen molar-refractivity contribution in [1.29, 1.82) is 0 Å². The normalized spacial score (nSPS) is 34.7. The van der Waals surface area contributed by atoms with Gasteiger partial charge in [-0.3, -0.25) is 0 Å². The molecule has 0 N–H and O–H groups in total. The lowest BCUT2D eigenvalue weighted by Crippen LogP contribution is -2.69. The summed E-state index contributed by atoms with van der Waals surface area (Å²) in [5.74, 6) is 7.76. The Kier molecular flexibility index (Phi) is 9.44. The highest BCUT2D eigenvalue weighted by Crippen LogP contribution is 2.68. The summed E-state index contributed by atoms with van der Waals surface area (Å²) >= 11 is 0. The molecule has 6 aliphatic carbocycles. The maximum Gasteiger partial charge on any atom is 0.288 e. The third-order valence-corrected chi connectivity index (χ3v) is 19.3. The van der Waals surface area contributed by atoms with E-state index < -0.39 is 8.32 Å². The number of hydrogen-bond donors (Lipinski definition) is 0. The van der Waals surface area contributed by atoms with Crippen LogP contribution >= 0.6 is 0 Å². The predicted octanol–water partition coefficient (Wildman–Crippen LogP) is 10.0. The third-order valence-electron chi connectivity index (χ3n) is 15.2. The van der Waals surface area contributed by atoms with E-state index in [0.29, 0.717) is 11.8 Å². The van der Waals surface area contributed by atoms with Gasteiger partial charge in [-0.2, -0.15) is 0 Å². The Hall–Kier alpha value is -3.20. The quantitative estimate of drug-likeness (QED) is 0.117. The van der Waals surface area contributed by atoms with Crippen molar-refractivity contribution < 1.29 is 4.43 Å². The Bertz CT molecular complexity index is 1580. The predicted molar refractivity (Wildman–Crippen MR) is 216 cm³/mol. The van der Waals surface area contributed by atoms with Crippen LogP contribution in [0.5, 0.6) is 0 Å². The summed E-state index contributed by atoms with van der Waals surface area (Å²) < 4.78 is 7.62. The first-order valence-electron chi connectivity index (χ1n) is 20.7. The van der Waals surface area contributed by atoms with E-state index in [1.807, 2.05) is 0 Å². The molecule has 6 aliphatic rings. The summed E-state index contributed by atoms with van der Waals surface area (Å²) in [5.41, 5.74) is 0.268. The number of benzene rings is 3. The molecule has 0 heterocycles. The second-order valence-corrected chi connectivity index (χ2v) is 20.7. The molecule has 10 atom stereocenters. The highest BCUT2D eigenvalue weighted by Gasteiger charge is 2.62. The molecule has 0 radical (unpaired) electrons. The lowest BCUT2D eigenvalue weighted by molar-refractivity contribution is -0.0227. The highest BCUT2D eigenvalue weighted by atomic mass is 28.4. The van der Waals surface area contributed by atoms with Crippen LogP contribution in [-0.4, -0.2) is 14.9 Å². The molecule has 9 rings (SSSR count). The molecule has 0 aliphatic heterocycles. The average molecular weight is 691 g/mol. The van der Waals surface area contributed by atoms with Crippen molar-refractivity contribution in [3.05, 3.63) is 140 Å². The monoisotopic (exact) mass is 690 g/mol. The van der Waals surface area contributed by atoms with Crippen LogP contribution in [0.2, 0.25) is 0 Å². The maximum absolute atomic E-state index is 7.62. The van der Waals surface area contributed by atoms with E-state index in [1.165, 1.54) is 73.3 Å². The molecule has 2 heteroatoms. The Morgan fingerprint density at radius 2 is 0.882 bits per heavy atom. The zero-order valence-corrected chi connectivity index (χ0v) is 31.7. The lowest BCUT2D eigenvalue weighted by Gasteiger charge is -2.51. The van der Waals surface area contributed by atoms with Crippen molar-refractivity contribution in [3.8, 4) is 0 Å². The van der Waals surface area contributed by atoms with Gasteiger partial charge in [0.1, 0.15) is 0 Å².